The van der Waals surface area contributed by atoms with E-state index >= 15 is 0 Å². The normalized spacial score (nSPS) is 16.2. The Morgan fingerprint density at radius 1 is 1.31 bits per heavy atom. The van der Waals surface area contributed by atoms with Gasteiger partial charge in [-0.15, -0.1) is 0 Å². The molecule has 0 bridgehead atoms. The standard InChI is InChI=1S/C9H8O4/c10-7-3-1-6(2-4-7)5-8(11)9(12)13/h1-4,6H,5H2,(H,12,13). The van der Waals surface area contributed by atoms with Crippen molar-refractivity contribution >= 4 is 17.5 Å². The number of rotatable bonds is 3. The minimum atomic E-state index is -1.43. The number of carbonyl (C=O) groups excluding carboxylic acids is 2. The van der Waals surface area contributed by atoms with Crippen LogP contribution in [0.2, 0.25) is 0 Å². The third-order valence-electron chi connectivity index (χ3n) is 1.68. The second-order valence-electron chi connectivity index (χ2n) is 2.72. The summed E-state index contributed by atoms with van der Waals surface area (Å²) in [6, 6.07) is 0. The highest BCUT2D eigenvalue weighted by Crippen LogP contribution is 2.12. The fourth-order valence-electron chi connectivity index (χ4n) is 0.994. The molecule has 1 N–H and O–H groups in total. The van der Waals surface area contributed by atoms with Crippen LogP contribution in [0.15, 0.2) is 24.3 Å². The van der Waals surface area contributed by atoms with Crippen molar-refractivity contribution in [2.75, 3.05) is 0 Å². The van der Waals surface area contributed by atoms with E-state index in [0.29, 0.717) is 0 Å². The van der Waals surface area contributed by atoms with E-state index in [1.165, 1.54) is 24.3 Å². The minimum absolute atomic E-state index is 0.0877. The van der Waals surface area contributed by atoms with Crippen LogP contribution in [0.4, 0.5) is 0 Å². The molecule has 4 heteroatoms. The van der Waals surface area contributed by atoms with Crippen molar-refractivity contribution in [3.8, 4) is 0 Å². The molecule has 0 aliphatic heterocycles. The van der Waals surface area contributed by atoms with E-state index in [2.05, 4.69) is 0 Å². The van der Waals surface area contributed by atoms with Crippen molar-refractivity contribution in [1.29, 1.82) is 0 Å². The molecule has 0 aromatic carbocycles. The molecule has 0 fully saturated rings. The highest BCUT2D eigenvalue weighted by atomic mass is 16.4. The lowest BCUT2D eigenvalue weighted by Crippen LogP contribution is -2.16. The predicted molar refractivity (Wildman–Crippen MR) is 44.0 cm³/mol. The lowest BCUT2D eigenvalue weighted by Gasteiger charge is -2.06. The smallest absolute Gasteiger partial charge is 0.372 e. The van der Waals surface area contributed by atoms with E-state index in [4.69, 9.17) is 5.11 Å². The van der Waals surface area contributed by atoms with Crippen LogP contribution in [0.5, 0.6) is 0 Å². The molecule has 4 nitrogen and oxygen atoms in total. The van der Waals surface area contributed by atoms with Crippen molar-refractivity contribution in [2.45, 2.75) is 6.42 Å². The zero-order chi connectivity index (χ0) is 9.84. The molecule has 0 unspecified atom stereocenters. The SMILES string of the molecule is O=C1C=CC(CC(=O)C(=O)O)C=C1. The van der Waals surface area contributed by atoms with Gasteiger partial charge in [0.2, 0.25) is 5.78 Å². The third kappa shape index (κ3) is 2.66. The Bertz CT molecular complexity index is 296. The average Bonchev–Trinajstić information content (AvgIpc) is 2.08. The van der Waals surface area contributed by atoms with Crippen LogP contribution in [0.25, 0.3) is 0 Å². The first-order valence-corrected chi connectivity index (χ1v) is 3.76. The summed E-state index contributed by atoms with van der Waals surface area (Å²) in [6.07, 6.45) is 5.64. The number of carbonyl (C=O) groups is 3. The average molecular weight is 180 g/mol. The Kier molecular flexibility index (Phi) is 2.74. The summed E-state index contributed by atoms with van der Waals surface area (Å²) in [5, 5.41) is 8.30. The first-order chi connectivity index (χ1) is 6.09. The quantitative estimate of drug-likeness (QED) is 0.636. The second-order valence-corrected chi connectivity index (χ2v) is 2.72. The fourth-order valence-corrected chi connectivity index (χ4v) is 0.994. The van der Waals surface area contributed by atoms with E-state index in [1.807, 2.05) is 0 Å². The molecule has 0 amide bonds. The Labute approximate surface area is 74.6 Å². The van der Waals surface area contributed by atoms with Crippen molar-refractivity contribution < 1.29 is 19.5 Å². The Balaban J connectivity index is 2.53. The number of allylic oxidation sites excluding steroid dienone is 4. The Morgan fingerprint density at radius 3 is 2.31 bits per heavy atom. The maximum Gasteiger partial charge on any atom is 0.372 e. The maximum atomic E-state index is 10.7. The number of ketones is 2. The van der Waals surface area contributed by atoms with Gasteiger partial charge in [0.1, 0.15) is 0 Å². The molecular formula is C9H8O4. The molecule has 0 saturated heterocycles. The molecular weight excluding hydrogens is 172 g/mol. The highest BCUT2D eigenvalue weighted by molar-refractivity contribution is 6.32. The number of aliphatic carboxylic acids is 1. The largest absolute Gasteiger partial charge is 0.476 e. The van der Waals surface area contributed by atoms with Crippen LogP contribution in [-0.2, 0) is 14.4 Å². The molecule has 0 saturated carbocycles. The molecule has 68 valence electrons. The first kappa shape index (κ1) is 9.38. The van der Waals surface area contributed by atoms with E-state index < -0.39 is 11.8 Å². The summed E-state index contributed by atoms with van der Waals surface area (Å²) in [6.45, 7) is 0. The molecule has 0 spiro atoms. The van der Waals surface area contributed by atoms with Crippen molar-refractivity contribution in [3.63, 3.8) is 0 Å². The van der Waals surface area contributed by atoms with Crippen LogP contribution < -0.4 is 0 Å². The van der Waals surface area contributed by atoms with Gasteiger partial charge in [0.25, 0.3) is 0 Å². The molecule has 13 heavy (non-hydrogen) atoms. The van der Waals surface area contributed by atoms with Gasteiger partial charge in [0.05, 0.1) is 0 Å². The molecule has 0 atom stereocenters. The van der Waals surface area contributed by atoms with E-state index in [0.717, 1.165) is 0 Å². The zero-order valence-corrected chi connectivity index (χ0v) is 6.77. The van der Waals surface area contributed by atoms with Gasteiger partial charge in [-0.3, -0.25) is 9.59 Å². The Hall–Kier alpha value is -1.71. The molecule has 1 rings (SSSR count). The predicted octanol–water partition coefficient (Wildman–Crippen LogP) is 0.342. The van der Waals surface area contributed by atoms with Gasteiger partial charge >= 0.3 is 5.97 Å². The van der Waals surface area contributed by atoms with Crippen LogP contribution in [0.3, 0.4) is 0 Å². The van der Waals surface area contributed by atoms with Crippen LogP contribution in [0, 0.1) is 5.92 Å². The van der Waals surface area contributed by atoms with Gasteiger partial charge in [-0.1, -0.05) is 12.2 Å². The number of carboxylic acid groups (broad SMARTS) is 1. The maximum absolute atomic E-state index is 10.7. The van der Waals surface area contributed by atoms with Crippen LogP contribution in [0.1, 0.15) is 6.42 Å². The number of hydrogen-bond donors (Lipinski definition) is 1. The summed E-state index contributed by atoms with van der Waals surface area (Å²) in [7, 11) is 0. The molecule has 0 radical (unpaired) electrons. The van der Waals surface area contributed by atoms with Gasteiger partial charge in [0, 0.05) is 12.3 Å². The molecule has 0 aromatic rings. The summed E-state index contributed by atoms with van der Waals surface area (Å²) in [4.78, 5) is 31.6. The van der Waals surface area contributed by atoms with Gasteiger partial charge in [-0.25, -0.2) is 4.79 Å². The Morgan fingerprint density at radius 2 is 1.85 bits per heavy atom. The summed E-state index contributed by atoms with van der Waals surface area (Å²) >= 11 is 0. The van der Waals surface area contributed by atoms with Crippen molar-refractivity contribution in [3.05, 3.63) is 24.3 Å². The van der Waals surface area contributed by atoms with Gasteiger partial charge in [-0.05, 0) is 12.2 Å². The van der Waals surface area contributed by atoms with Gasteiger partial charge < -0.3 is 5.11 Å². The first-order valence-electron chi connectivity index (χ1n) is 3.76. The number of Topliss-reactive ketones (excluding diaryl/α,β-unsaturated/α-hetero) is 1. The number of hydrogen-bond acceptors (Lipinski definition) is 3. The lowest BCUT2D eigenvalue weighted by molar-refractivity contribution is -0.149. The number of carboxylic acids is 1. The molecule has 0 aromatic heterocycles. The van der Waals surface area contributed by atoms with E-state index in [1.54, 1.807) is 0 Å². The van der Waals surface area contributed by atoms with E-state index in [-0.39, 0.29) is 18.1 Å². The topological polar surface area (TPSA) is 71.4 Å². The second kappa shape index (κ2) is 3.80. The van der Waals surface area contributed by atoms with Crippen molar-refractivity contribution in [2.24, 2.45) is 5.92 Å². The zero-order valence-electron chi connectivity index (χ0n) is 6.77. The summed E-state index contributed by atoms with van der Waals surface area (Å²) in [5.41, 5.74) is 0. The fraction of sp³-hybridized carbons (Fsp3) is 0.222. The molecule has 0 heterocycles. The van der Waals surface area contributed by atoms with Crippen LogP contribution >= 0.6 is 0 Å². The third-order valence-corrected chi connectivity index (χ3v) is 1.68. The minimum Gasteiger partial charge on any atom is -0.476 e. The van der Waals surface area contributed by atoms with Crippen molar-refractivity contribution in [1.82, 2.24) is 0 Å². The monoisotopic (exact) mass is 180 g/mol. The van der Waals surface area contributed by atoms with Crippen LogP contribution in [-0.4, -0.2) is 22.6 Å². The van der Waals surface area contributed by atoms with Gasteiger partial charge in [0.15, 0.2) is 5.78 Å². The highest BCUT2D eigenvalue weighted by Gasteiger charge is 2.16. The van der Waals surface area contributed by atoms with E-state index in [9.17, 15) is 14.4 Å². The summed E-state index contributed by atoms with van der Waals surface area (Å²) < 4.78 is 0. The lowest BCUT2D eigenvalue weighted by atomic mass is 9.97. The summed E-state index contributed by atoms with van der Waals surface area (Å²) in [5.74, 6) is -2.67. The van der Waals surface area contributed by atoms with Gasteiger partial charge in [-0.2, -0.15) is 0 Å². The molecule has 1 aliphatic rings. The molecule has 1 aliphatic carbocycles.